The zero-order valence-corrected chi connectivity index (χ0v) is 14.0. The molecule has 2 unspecified atom stereocenters. The Morgan fingerprint density at radius 2 is 2.29 bits per heavy atom. The molecule has 0 spiro atoms. The van der Waals surface area contributed by atoms with Crippen molar-refractivity contribution in [1.82, 2.24) is 10.3 Å². The summed E-state index contributed by atoms with van der Waals surface area (Å²) in [6.07, 6.45) is 5.46. The van der Waals surface area contributed by atoms with Gasteiger partial charge in [0.1, 0.15) is 5.82 Å². The number of nitrogens with two attached hydrogens (primary N) is 1. The van der Waals surface area contributed by atoms with Crippen LogP contribution in [0.2, 0.25) is 0 Å². The van der Waals surface area contributed by atoms with Gasteiger partial charge in [-0.3, -0.25) is 9.59 Å². The Morgan fingerprint density at radius 3 is 2.96 bits per heavy atom. The second-order valence-electron chi connectivity index (χ2n) is 6.97. The number of piperazine rings is 1. The van der Waals surface area contributed by atoms with Crippen molar-refractivity contribution in [2.24, 2.45) is 11.7 Å². The van der Waals surface area contributed by atoms with Gasteiger partial charge in [0, 0.05) is 18.6 Å². The van der Waals surface area contributed by atoms with E-state index < -0.39 is 5.54 Å². The highest BCUT2D eigenvalue weighted by Crippen LogP contribution is 2.32. The van der Waals surface area contributed by atoms with Crippen LogP contribution in [0.3, 0.4) is 0 Å². The zero-order chi connectivity index (χ0) is 17.2. The van der Waals surface area contributed by atoms with E-state index in [1.807, 2.05) is 24.0 Å². The average molecular weight is 331 g/mol. The molecule has 3 rings (SSSR count). The number of rotatable bonds is 3. The molecule has 0 bridgehead atoms. The molecule has 0 aromatic carbocycles. The minimum Gasteiger partial charge on any atom is -0.353 e. The molecule has 4 N–H and O–H groups in total. The van der Waals surface area contributed by atoms with Gasteiger partial charge >= 0.3 is 0 Å². The van der Waals surface area contributed by atoms with Gasteiger partial charge in [-0.2, -0.15) is 0 Å². The molecule has 2 aliphatic rings. The summed E-state index contributed by atoms with van der Waals surface area (Å²) in [5.74, 6) is 0.535. The number of amides is 2. The Bertz CT molecular complexity index is 614. The summed E-state index contributed by atoms with van der Waals surface area (Å²) >= 11 is 0. The first-order chi connectivity index (χ1) is 11.5. The number of aromatic nitrogens is 1. The number of nitrogens with zero attached hydrogens (tertiary/aromatic N) is 2. The maximum atomic E-state index is 12.5. The molecule has 1 aromatic heterocycles. The minimum atomic E-state index is -0.448. The van der Waals surface area contributed by atoms with Crippen LogP contribution in [-0.4, -0.2) is 42.0 Å². The Balaban J connectivity index is 1.63. The lowest BCUT2D eigenvalue weighted by Crippen LogP contribution is -2.51. The van der Waals surface area contributed by atoms with E-state index >= 15 is 0 Å². The number of nitrogens with one attached hydrogen (secondary N) is 2. The fraction of sp³-hybridized carbons (Fsp3) is 0.588. The molecule has 1 aliphatic heterocycles. The molecule has 2 heterocycles. The number of carbonyl (C=O) groups excluding carboxylic acids is 2. The molecule has 130 valence electrons. The van der Waals surface area contributed by atoms with Gasteiger partial charge in [-0.05, 0) is 31.9 Å². The topological polar surface area (TPSA) is 100 Å². The highest BCUT2D eigenvalue weighted by atomic mass is 16.2. The van der Waals surface area contributed by atoms with E-state index in [9.17, 15) is 9.59 Å². The number of hydrogen-bond donors (Lipinski definition) is 3. The molecular formula is C17H25N5O2. The van der Waals surface area contributed by atoms with Crippen LogP contribution >= 0.6 is 0 Å². The third kappa shape index (κ3) is 3.67. The fourth-order valence-corrected chi connectivity index (χ4v) is 3.50. The highest BCUT2D eigenvalue weighted by molar-refractivity contribution is 5.93. The van der Waals surface area contributed by atoms with Crippen LogP contribution in [0.25, 0.3) is 0 Å². The van der Waals surface area contributed by atoms with Crippen molar-refractivity contribution in [2.45, 2.75) is 38.1 Å². The lowest BCUT2D eigenvalue weighted by atomic mass is 9.74. The van der Waals surface area contributed by atoms with Crippen molar-refractivity contribution in [3.8, 4) is 0 Å². The normalized spacial score (nSPS) is 27.5. The largest absolute Gasteiger partial charge is 0.353 e. The second-order valence-corrected chi connectivity index (χ2v) is 6.97. The molecule has 2 fully saturated rings. The summed E-state index contributed by atoms with van der Waals surface area (Å²) in [6, 6.07) is 3.65. The van der Waals surface area contributed by atoms with Crippen LogP contribution in [0, 0.1) is 5.92 Å². The van der Waals surface area contributed by atoms with Gasteiger partial charge in [0.05, 0.1) is 24.3 Å². The van der Waals surface area contributed by atoms with Gasteiger partial charge in [-0.25, -0.2) is 4.98 Å². The first-order valence-corrected chi connectivity index (χ1v) is 8.53. The van der Waals surface area contributed by atoms with E-state index in [-0.39, 0.29) is 17.7 Å². The Labute approximate surface area is 142 Å². The predicted molar refractivity (Wildman–Crippen MR) is 92.6 cm³/mol. The molecule has 1 saturated heterocycles. The Morgan fingerprint density at radius 1 is 1.46 bits per heavy atom. The number of pyridine rings is 1. The van der Waals surface area contributed by atoms with Gasteiger partial charge in [-0.1, -0.05) is 12.8 Å². The molecular weight excluding hydrogens is 306 g/mol. The quantitative estimate of drug-likeness (QED) is 0.763. The number of anilines is 2. The van der Waals surface area contributed by atoms with E-state index in [4.69, 9.17) is 5.73 Å². The number of hydrogen-bond acceptors (Lipinski definition) is 5. The Hall–Kier alpha value is -2.15. The summed E-state index contributed by atoms with van der Waals surface area (Å²) < 4.78 is 0. The van der Waals surface area contributed by atoms with Gasteiger partial charge in [0.2, 0.25) is 11.8 Å². The third-order valence-corrected chi connectivity index (χ3v) is 4.95. The van der Waals surface area contributed by atoms with Crippen molar-refractivity contribution in [3.05, 3.63) is 18.3 Å². The smallest absolute Gasteiger partial charge is 0.239 e. The summed E-state index contributed by atoms with van der Waals surface area (Å²) in [5, 5.41) is 5.71. The van der Waals surface area contributed by atoms with Gasteiger partial charge in [-0.15, -0.1) is 0 Å². The van der Waals surface area contributed by atoms with E-state index in [0.717, 1.165) is 38.0 Å². The molecule has 1 aliphatic carbocycles. The predicted octanol–water partition coefficient (Wildman–Crippen LogP) is 0.864. The molecule has 24 heavy (non-hydrogen) atoms. The summed E-state index contributed by atoms with van der Waals surface area (Å²) in [4.78, 5) is 30.3. The van der Waals surface area contributed by atoms with Crippen LogP contribution in [0.4, 0.5) is 11.5 Å². The molecule has 0 radical (unpaired) electrons. The van der Waals surface area contributed by atoms with Crippen molar-refractivity contribution in [2.75, 3.05) is 29.9 Å². The van der Waals surface area contributed by atoms with Crippen LogP contribution in [0.15, 0.2) is 18.3 Å². The van der Waals surface area contributed by atoms with Crippen LogP contribution in [-0.2, 0) is 9.59 Å². The molecule has 1 saturated carbocycles. The molecule has 2 amide bonds. The minimum absolute atomic E-state index is 0.0000378. The molecule has 7 heteroatoms. The summed E-state index contributed by atoms with van der Waals surface area (Å²) in [6.45, 7) is 3.62. The lowest BCUT2D eigenvalue weighted by molar-refractivity contribution is -0.123. The van der Waals surface area contributed by atoms with E-state index in [1.54, 1.807) is 6.20 Å². The fourth-order valence-electron chi connectivity index (χ4n) is 3.50. The molecule has 1 aromatic rings. The van der Waals surface area contributed by atoms with Crippen molar-refractivity contribution < 1.29 is 9.59 Å². The van der Waals surface area contributed by atoms with Gasteiger partial charge in [0.15, 0.2) is 0 Å². The first-order valence-electron chi connectivity index (χ1n) is 8.53. The number of carbonyl (C=O) groups is 2. The van der Waals surface area contributed by atoms with Crippen LogP contribution in [0.5, 0.6) is 0 Å². The molecule has 2 atom stereocenters. The van der Waals surface area contributed by atoms with Crippen LogP contribution in [0.1, 0.15) is 32.6 Å². The maximum Gasteiger partial charge on any atom is 0.239 e. The van der Waals surface area contributed by atoms with Crippen molar-refractivity contribution in [1.29, 1.82) is 0 Å². The first kappa shape index (κ1) is 16.7. The summed E-state index contributed by atoms with van der Waals surface area (Å²) in [7, 11) is 0. The second kappa shape index (κ2) is 6.76. The lowest BCUT2D eigenvalue weighted by Gasteiger charge is -2.37. The standard InChI is InChI=1S/C17H25N5O2/c1-17(18)7-3-2-4-13(17)16(24)21-12-5-6-14(20-10-12)22-9-8-19-15(23)11-22/h5-6,10,13H,2-4,7-9,11,18H2,1H3,(H,19,23)(H,21,24). The monoisotopic (exact) mass is 331 g/mol. The summed E-state index contributed by atoms with van der Waals surface area (Å²) in [5.41, 5.74) is 6.50. The van der Waals surface area contributed by atoms with Crippen molar-refractivity contribution >= 4 is 23.3 Å². The van der Waals surface area contributed by atoms with Crippen LogP contribution < -0.4 is 21.3 Å². The zero-order valence-electron chi connectivity index (χ0n) is 14.0. The maximum absolute atomic E-state index is 12.5. The SMILES string of the molecule is CC1(N)CCCCC1C(=O)Nc1ccc(N2CCNC(=O)C2)nc1. The van der Waals surface area contributed by atoms with Gasteiger partial charge in [0.25, 0.3) is 0 Å². The molecule has 7 nitrogen and oxygen atoms in total. The van der Waals surface area contributed by atoms with E-state index in [2.05, 4.69) is 15.6 Å². The van der Waals surface area contributed by atoms with Crippen molar-refractivity contribution in [3.63, 3.8) is 0 Å². The average Bonchev–Trinajstić information content (AvgIpc) is 2.55. The van der Waals surface area contributed by atoms with E-state index in [1.165, 1.54) is 0 Å². The van der Waals surface area contributed by atoms with Gasteiger partial charge < -0.3 is 21.3 Å². The van der Waals surface area contributed by atoms with E-state index in [0.29, 0.717) is 18.8 Å². The third-order valence-electron chi connectivity index (χ3n) is 4.95. The highest BCUT2D eigenvalue weighted by Gasteiger charge is 2.37. The Kier molecular flexibility index (Phi) is 4.71.